The summed E-state index contributed by atoms with van der Waals surface area (Å²) < 4.78 is 2.12. The summed E-state index contributed by atoms with van der Waals surface area (Å²) >= 11 is 0. The Hall–Kier alpha value is -1.07. The van der Waals surface area contributed by atoms with Gasteiger partial charge in [0, 0.05) is 30.9 Å². The van der Waals surface area contributed by atoms with Gasteiger partial charge in [-0.05, 0) is 32.2 Å². The Morgan fingerprint density at radius 3 is 3.00 bits per heavy atom. The fourth-order valence-electron chi connectivity index (χ4n) is 2.75. The van der Waals surface area contributed by atoms with Gasteiger partial charge in [-0.3, -0.25) is 4.79 Å². The molecule has 2 N–H and O–H groups in total. The van der Waals surface area contributed by atoms with Crippen LogP contribution >= 0.6 is 12.4 Å². The summed E-state index contributed by atoms with van der Waals surface area (Å²) in [6, 6.07) is 0.433. The molecule has 1 aromatic heterocycles. The Bertz CT molecular complexity index is 447. The van der Waals surface area contributed by atoms with Gasteiger partial charge in [-0.1, -0.05) is 13.8 Å². The molecule has 1 aliphatic heterocycles. The lowest BCUT2D eigenvalue weighted by molar-refractivity contribution is -0.126. The number of hydrogen-bond donors (Lipinski definition) is 2. The van der Waals surface area contributed by atoms with Crippen molar-refractivity contribution < 1.29 is 4.79 Å². The van der Waals surface area contributed by atoms with Crippen LogP contribution in [0, 0.1) is 11.8 Å². The molecule has 0 spiro atoms. The first-order valence-corrected chi connectivity index (χ1v) is 7.57. The minimum atomic E-state index is 0. The zero-order chi connectivity index (χ0) is 14.5. The van der Waals surface area contributed by atoms with Gasteiger partial charge in [0.15, 0.2) is 0 Å². The van der Waals surface area contributed by atoms with Crippen LogP contribution in [0.3, 0.4) is 0 Å². The minimum Gasteiger partial charge on any atom is -0.349 e. The molecule has 1 aromatic rings. The summed E-state index contributed by atoms with van der Waals surface area (Å²) in [5, 5.41) is 6.41. The lowest BCUT2D eigenvalue weighted by Gasteiger charge is -2.27. The average molecular weight is 315 g/mol. The van der Waals surface area contributed by atoms with Crippen molar-refractivity contribution in [1.82, 2.24) is 20.2 Å². The first kappa shape index (κ1) is 18.0. The highest BCUT2D eigenvalue weighted by molar-refractivity contribution is 5.85. The molecule has 1 amide bonds. The average Bonchev–Trinajstić information content (AvgIpc) is 2.82. The summed E-state index contributed by atoms with van der Waals surface area (Å²) in [6.07, 6.45) is 5.63. The molecule has 2 heterocycles. The number of imidazole rings is 1. The molecule has 1 fully saturated rings. The molecule has 0 aromatic carbocycles. The smallest absolute Gasteiger partial charge is 0.223 e. The molecule has 120 valence electrons. The van der Waals surface area contributed by atoms with Crippen LogP contribution in [-0.2, 0) is 17.9 Å². The molecule has 6 heteroatoms. The fraction of sp³-hybridized carbons (Fsp3) is 0.733. The monoisotopic (exact) mass is 314 g/mol. The largest absolute Gasteiger partial charge is 0.349 e. The van der Waals surface area contributed by atoms with Gasteiger partial charge in [-0.25, -0.2) is 4.98 Å². The Morgan fingerprint density at radius 2 is 2.33 bits per heavy atom. The third-order valence-electron chi connectivity index (χ3n) is 3.78. The van der Waals surface area contributed by atoms with E-state index in [9.17, 15) is 4.79 Å². The molecule has 2 atom stereocenters. The maximum Gasteiger partial charge on any atom is 0.223 e. The van der Waals surface area contributed by atoms with Gasteiger partial charge < -0.3 is 15.2 Å². The predicted octanol–water partition coefficient (Wildman–Crippen LogP) is 1.97. The van der Waals surface area contributed by atoms with E-state index in [1.807, 2.05) is 6.20 Å². The Kier molecular flexibility index (Phi) is 7.18. The van der Waals surface area contributed by atoms with Gasteiger partial charge >= 0.3 is 0 Å². The van der Waals surface area contributed by atoms with Crippen LogP contribution < -0.4 is 10.6 Å². The molecule has 0 radical (unpaired) electrons. The zero-order valence-corrected chi connectivity index (χ0v) is 13.9. The number of hydrogen-bond acceptors (Lipinski definition) is 3. The molecule has 1 aliphatic rings. The Morgan fingerprint density at radius 1 is 1.57 bits per heavy atom. The molecule has 0 saturated carbocycles. The third kappa shape index (κ3) is 5.32. The number of carbonyl (C=O) groups excluding carboxylic acids is 1. The highest BCUT2D eigenvalue weighted by Crippen LogP contribution is 2.16. The third-order valence-corrected chi connectivity index (χ3v) is 3.78. The number of nitrogens with zero attached hydrogens (tertiary/aromatic N) is 2. The van der Waals surface area contributed by atoms with Crippen LogP contribution in [0.25, 0.3) is 0 Å². The topological polar surface area (TPSA) is 59.0 Å². The van der Waals surface area contributed by atoms with Crippen molar-refractivity contribution in [2.45, 2.75) is 52.7 Å². The second-order valence-corrected chi connectivity index (χ2v) is 6.18. The Labute approximate surface area is 133 Å². The van der Waals surface area contributed by atoms with Crippen LogP contribution in [0.2, 0.25) is 0 Å². The van der Waals surface area contributed by atoms with Crippen molar-refractivity contribution in [2.75, 3.05) is 6.54 Å². The second-order valence-electron chi connectivity index (χ2n) is 6.18. The lowest BCUT2D eigenvalue weighted by atomic mass is 9.92. The van der Waals surface area contributed by atoms with E-state index in [-0.39, 0.29) is 24.2 Å². The first-order chi connectivity index (χ1) is 9.56. The highest BCUT2D eigenvalue weighted by atomic mass is 35.5. The van der Waals surface area contributed by atoms with Gasteiger partial charge in [0.05, 0.1) is 6.54 Å². The van der Waals surface area contributed by atoms with Crippen molar-refractivity contribution in [3.05, 3.63) is 18.2 Å². The van der Waals surface area contributed by atoms with E-state index in [4.69, 9.17) is 0 Å². The maximum absolute atomic E-state index is 12.2. The van der Waals surface area contributed by atoms with E-state index in [0.717, 1.165) is 31.8 Å². The molecular formula is C15H27ClN4O. The summed E-state index contributed by atoms with van der Waals surface area (Å²) in [5.41, 5.74) is 0. The molecule has 2 rings (SSSR count). The predicted molar refractivity (Wildman–Crippen MR) is 86.3 cm³/mol. The second kappa shape index (κ2) is 8.39. The number of nitrogens with one attached hydrogen (secondary N) is 2. The van der Waals surface area contributed by atoms with Crippen LogP contribution in [0.1, 0.15) is 39.4 Å². The van der Waals surface area contributed by atoms with Gasteiger partial charge in [0.1, 0.15) is 5.82 Å². The number of aromatic nitrogens is 2. The molecule has 0 bridgehead atoms. The fourth-order valence-corrected chi connectivity index (χ4v) is 2.75. The van der Waals surface area contributed by atoms with E-state index in [1.165, 1.54) is 0 Å². The number of piperidine rings is 1. The van der Waals surface area contributed by atoms with Crippen molar-refractivity contribution in [3.8, 4) is 0 Å². The van der Waals surface area contributed by atoms with Gasteiger partial charge in [-0.2, -0.15) is 0 Å². The van der Waals surface area contributed by atoms with Crippen molar-refractivity contribution in [3.63, 3.8) is 0 Å². The Balaban J connectivity index is 0.00000220. The SMILES string of the molecule is CC(C)Cn1ccnc1CNC(=O)[C@H]1CCN[C@@H](C)C1.Cl. The van der Waals surface area contributed by atoms with Crippen LogP contribution in [0.4, 0.5) is 0 Å². The normalized spacial score (nSPS) is 21.9. The highest BCUT2D eigenvalue weighted by Gasteiger charge is 2.24. The van der Waals surface area contributed by atoms with Crippen molar-refractivity contribution in [2.24, 2.45) is 11.8 Å². The van der Waals surface area contributed by atoms with E-state index >= 15 is 0 Å². The summed E-state index contributed by atoms with van der Waals surface area (Å²) in [6.45, 7) is 8.89. The van der Waals surface area contributed by atoms with Crippen molar-refractivity contribution >= 4 is 18.3 Å². The zero-order valence-electron chi connectivity index (χ0n) is 13.1. The number of rotatable bonds is 5. The minimum absolute atomic E-state index is 0. The van der Waals surface area contributed by atoms with E-state index in [2.05, 4.69) is 41.0 Å². The number of carbonyl (C=O) groups is 1. The molecule has 21 heavy (non-hydrogen) atoms. The quantitative estimate of drug-likeness (QED) is 0.873. The van der Waals surface area contributed by atoms with Crippen LogP contribution in [0.15, 0.2) is 12.4 Å². The molecule has 1 saturated heterocycles. The van der Waals surface area contributed by atoms with Crippen molar-refractivity contribution in [1.29, 1.82) is 0 Å². The van der Waals surface area contributed by atoms with E-state index in [1.54, 1.807) is 6.20 Å². The molecule has 5 nitrogen and oxygen atoms in total. The summed E-state index contributed by atoms with van der Waals surface area (Å²) in [5.74, 6) is 1.81. The van der Waals surface area contributed by atoms with Crippen LogP contribution in [0.5, 0.6) is 0 Å². The van der Waals surface area contributed by atoms with Gasteiger partial charge in [-0.15, -0.1) is 12.4 Å². The van der Waals surface area contributed by atoms with E-state index < -0.39 is 0 Å². The summed E-state index contributed by atoms with van der Waals surface area (Å²) in [7, 11) is 0. The number of amides is 1. The number of halogens is 1. The molecular weight excluding hydrogens is 288 g/mol. The molecule has 0 aliphatic carbocycles. The summed E-state index contributed by atoms with van der Waals surface area (Å²) in [4.78, 5) is 16.5. The maximum atomic E-state index is 12.2. The lowest BCUT2D eigenvalue weighted by Crippen LogP contribution is -2.42. The van der Waals surface area contributed by atoms with Gasteiger partial charge in [0.2, 0.25) is 5.91 Å². The molecule has 0 unspecified atom stereocenters. The standard InChI is InChI=1S/C15H26N4O.ClH/c1-11(2)10-19-7-6-17-14(19)9-18-15(20)13-4-5-16-12(3)8-13;/h6-7,11-13,16H,4-5,8-10H2,1-3H3,(H,18,20);1H/t12-,13-;/m0./s1. The van der Waals surface area contributed by atoms with Gasteiger partial charge in [0.25, 0.3) is 0 Å². The van der Waals surface area contributed by atoms with E-state index in [0.29, 0.717) is 18.5 Å². The first-order valence-electron chi connectivity index (χ1n) is 7.57. The van der Waals surface area contributed by atoms with Crippen LogP contribution in [-0.4, -0.2) is 28.0 Å².